The number of carbonyl (C=O) groups is 1. The molecule has 0 bridgehead atoms. The quantitative estimate of drug-likeness (QED) is 0.720. The first-order valence-electron chi connectivity index (χ1n) is 5.98. The van der Waals surface area contributed by atoms with Gasteiger partial charge in [-0.15, -0.1) is 0 Å². The molecule has 4 nitrogen and oxygen atoms in total. The fourth-order valence-electron chi connectivity index (χ4n) is 1.59. The summed E-state index contributed by atoms with van der Waals surface area (Å²) in [5.41, 5.74) is 1.14. The third-order valence-electron chi connectivity index (χ3n) is 2.69. The Labute approximate surface area is 118 Å². The molecule has 0 saturated carbocycles. The Morgan fingerprint density at radius 1 is 1.21 bits per heavy atom. The highest BCUT2D eigenvalue weighted by atomic mass is 32.2. The van der Waals surface area contributed by atoms with Gasteiger partial charge in [0.25, 0.3) is 0 Å². The van der Waals surface area contributed by atoms with Crippen molar-refractivity contribution in [2.75, 3.05) is 27.1 Å². The maximum atomic E-state index is 11.3. The van der Waals surface area contributed by atoms with Gasteiger partial charge in [0.15, 0.2) is 11.5 Å². The van der Waals surface area contributed by atoms with E-state index in [4.69, 9.17) is 14.2 Å². The van der Waals surface area contributed by atoms with Gasteiger partial charge in [0, 0.05) is 11.5 Å². The van der Waals surface area contributed by atoms with E-state index in [1.807, 2.05) is 25.1 Å². The summed E-state index contributed by atoms with van der Waals surface area (Å²) in [7, 11) is 4.65. The van der Waals surface area contributed by atoms with E-state index in [0.717, 1.165) is 28.6 Å². The summed E-state index contributed by atoms with van der Waals surface area (Å²) >= 11 is 1.69. The Bertz CT molecular complexity index is 420. The van der Waals surface area contributed by atoms with E-state index in [1.54, 1.807) is 26.0 Å². The van der Waals surface area contributed by atoms with E-state index < -0.39 is 0 Å². The van der Waals surface area contributed by atoms with Crippen LogP contribution >= 0.6 is 11.8 Å². The Hall–Kier alpha value is -1.36. The molecule has 1 aromatic rings. The van der Waals surface area contributed by atoms with Crippen LogP contribution in [0.15, 0.2) is 18.2 Å². The van der Waals surface area contributed by atoms with Crippen LogP contribution < -0.4 is 9.47 Å². The maximum Gasteiger partial charge on any atom is 0.309 e. The minimum atomic E-state index is -0.167. The van der Waals surface area contributed by atoms with E-state index in [0.29, 0.717) is 0 Å². The number of esters is 1. The summed E-state index contributed by atoms with van der Waals surface area (Å²) in [6.45, 7) is 1.87. The lowest BCUT2D eigenvalue weighted by molar-refractivity contribution is -0.143. The van der Waals surface area contributed by atoms with Crippen molar-refractivity contribution in [1.29, 1.82) is 0 Å². The standard InChI is InChI=1S/C14H20O4S/c1-10(14(15)18-4)8-19-9-11-5-6-12(16-2)13(7-11)17-3/h5-7,10H,8-9H2,1-4H3. The normalized spacial score (nSPS) is 11.8. The molecule has 0 aliphatic rings. The molecule has 0 N–H and O–H groups in total. The molecule has 1 rings (SSSR count). The Kier molecular flexibility index (Phi) is 6.56. The highest BCUT2D eigenvalue weighted by Crippen LogP contribution is 2.29. The molecular formula is C14H20O4S. The fraction of sp³-hybridized carbons (Fsp3) is 0.500. The van der Waals surface area contributed by atoms with Crippen LogP contribution in [0.2, 0.25) is 0 Å². The molecule has 0 amide bonds. The van der Waals surface area contributed by atoms with Gasteiger partial charge in [0.2, 0.25) is 0 Å². The molecule has 5 heteroatoms. The largest absolute Gasteiger partial charge is 0.493 e. The van der Waals surface area contributed by atoms with E-state index in [2.05, 4.69) is 0 Å². The molecule has 0 saturated heterocycles. The van der Waals surface area contributed by atoms with E-state index in [9.17, 15) is 4.79 Å². The van der Waals surface area contributed by atoms with Crippen molar-refractivity contribution in [2.45, 2.75) is 12.7 Å². The van der Waals surface area contributed by atoms with Crippen molar-refractivity contribution in [3.8, 4) is 11.5 Å². The first-order valence-corrected chi connectivity index (χ1v) is 7.14. The summed E-state index contributed by atoms with van der Waals surface area (Å²) < 4.78 is 15.1. The molecule has 0 fully saturated rings. The molecule has 106 valence electrons. The zero-order valence-corrected chi connectivity index (χ0v) is 12.6. The molecule has 0 spiro atoms. The monoisotopic (exact) mass is 284 g/mol. The van der Waals surface area contributed by atoms with Crippen LogP contribution in [0.4, 0.5) is 0 Å². The van der Waals surface area contributed by atoms with Crippen LogP contribution in [0.3, 0.4) is 0 Å². The van der Waals surface area contributed by atoms with Crippen molar-refractivity contribution >= 4 is 17.7 Å². The number of thioether (sulfide) groups is 1. The minimum absolute atomic E-state index is 0.0878. The fourth-order valence-corrected chi connectivity index (χ4v) is 2.62. The van der Waals surface area contributed by atoms with Crippen molar-refractivity contribution < 1.29 is 19.0 Å². The van der Waals surface area contributed by atoms with Crippen LogP contribution in [0, 0.1) is 5.92 Å². The number of carbonyl (C=O) groups excluding carboxylic acids is 1. The van der Waals surface area contributed by atoms with Crippen LogP contribution in [0.5, 0.6) is 11.5 Å². The number of benzene rings is 1. The average molecular weight is 284 g/mol. The molecule has 0 heterocycles. The van der Waals surface area contributed by atoms with Gasteiger partial charge in [0.05, 0.1) is 27.2 Å². The Balaban J connectivity index is 2.52. The second kappa shape index (κ2) is 7.94. The lowest BCUT2D eigenvalue weighted by atomic mass is 10.2. The summed E-state index contributed by atoms with van der Waals surface area (Å²) in [6.07, 6.45) is 0. The van der Waals surface area contributed by atoms with Crippen LogP contribution in [0.25, 0.3) is 0 Å². The van der Waals surface area contributed by atoms with Crippen LogP contribution in [-0.4, -0.2) is 33.1 Å². The zero-order valence-electron chi connectivity index (χ0n) is 11.8. The SMILES string of the molecule is COC(=O)C(C)CSCc1ccc(OC)c(OC)c1. The van der Waals surface area contributed by atoms with Gasteiger partial charge < -0.3 is 14.2 Å². The van der Waals surface area contributed by atoms with Crippen molar-refractivity contribution in [3.63, 3.8) is 0 Å². The van der Waals surface area contributed by atoms with Crippen LogP contribution in [0.1, 0.15) is 12.5 Å². The number of ether oxygens (including phenoxy) is 3. The van der Waals surface area contributed by atoms with Gasteiger partial charge in [-0.05, 0) is 17.7 Å². The Morgan fingerprint density at radius 2 is 1.89 bits per heavy atom. The lowest BCUT2D eigenvalue weighted by Gasteiger charge is -2.11. The second-order valence-corrected chi connectivity index (χ2v) is 5.16. The molecule has 1 aromatic carbocycles. The number of hydrogen-bond acceptors (Lipinski definition) is 5. The molecule has 19 heavy (non-hydrogen) atoms. The predicted molar refractivity (Wildman–Crippen MR) is 76.9 cm³/mol. The first-order chi connectivity index (χ1) is 9.12. The molecular weight excluding hydrogens is 264 g/mol. The van der Waals surface area contributed by atoms with Crippen LogP contribution in [-0.2, 0) is 15.3 Å². The van der Waals surface area contributed by atoms with Gasteiger partial charge in [-0.2, -0.15) is 11.8 Å². The van der Waals surface area contributed by atoms with Gasteiger partial charge in [0.1, 0.15) is 0 Å². The number of methoxy groups -OCH3 is 3. The van der Waals surface area contributed by atoms with E-state index in [-0.39, 0.29) is 11.9 Å². The summed E-state index contributed by atoms with van der Waals surface area (Å²) in [5.74, 6) is 2.75. The maximum absolute atomic E-state index is 11.3. The zero-order chi connectivity index (χ0) is 14.3. The molecule has 0 aliphatic carbocycles. The number of hydrogen-bond donors (Lipinski definition) is 0. The number of rotatable bonds is 7. The molecule has 1 unspecified atom stereocenters. The average Bonchev–Trinajstić information content (AvgIpc) is 2.45. The topological polar surface area (TPSA) is 44.8 Å². The van der Waals surface area contributed by atoms with Crippen molar-refractivity contribution in [2.24, 2.45) is 5.92 Å². The Morgan fingerprint density at radius 3 is 2.47 bits per heavy atom. The minimum Gasteiger partial charge on any atom is -0.493 e. The first kappa shape index (κ1) is 15.7. The molecule has 0 radical (unpaired) electrons. The van der Waals surface area contributed by atoms with Gasteiger partial charge in [-0.25, -0.2) is 0 Å². The van der Waals surface area contributed by atoms with Crippen molar-refractivity contribution in [3.05, 3.63) is 23.8 Å². The second-order valence-electron chi connectivity index (χ2n) is 4.13. The smallest absolute Gasteiger partial charge is 0.309 e. The van der Waals surface area contributed by atoms with Gasteiger partial charge in [-0.1, -0.05) is 13.0 Å². The van der Waals surface area contributed by atoms with Crippen molar-refractivity contribution in [1.82, 2.24) is 0 Å². The lowest BCUT2D eigenvalue weighted by Crippen LogP contribution is -2.14. The van der Waals surface area contributed by atoms with Gasteiger partial charge >= 0.3 is 5.97 Å². The highest BCUT2D eigenvalue weighted by Gasteiger charge is 2.13. The molecule has 1 atom stereocenters. The third-order valence-corrected chi connectivity index (χ3v) is 3.96. The van der Waals surface area contributed by atoms with Gasteiger partial charge in [-0.3, -0.25) is 4.79 Å². The summed E-state index contributed by atoms with van der Waals surface area (Å²) in [5, 5.41) is 0. The molecule has 0 aliphatic heterocycles. The summed E-state index contributed by atoms with van der Waals surface area (Å²) in [6, 6.07) is 5.84. The molecule has 0 aromatic heterocycles. The third kappa shape index (κ3) is 4.67. The van der Waals surface area contributed by atoms with E-state index >= 15 is 0 Å². The predicted octanol–water partition coefficient (Wildman–Crippen LogP) is 2.75. The highest BCUT2D eigenvalue weighted by molar-refractivity contribution is 7.98. The van der Waals surface area contributed by atoms with E-state index in [1.165, 1.54) is 7.11 Å². The summed E-state index contributed by atoms with van der Waals surface area (Å²) in [4.78, 5) is 11.3.